The average Bonchev–Trinajstić information content (AvgIpc) is 3.64. The van der Waals surface area contributed by atoms with E-state index in [0.29, 0.717) is 19.5 Å². The number of anilines is 1. The number of urea groups is 1. The summed E-state index contributed by atoms with van der Waals surface area (Å²) in [5.41, 5.74) is 2.44. The van der Waals surface area contributed by atoms with Crippen LogP contribution in [-0.2, 0) is 9.59 Å². The molecule has 3 aliphatic rings. The lowest BCUT2D eigenvalue weighted by molar-refractivity contribution is -0.132. The van der Waals surface area contributed by atoms with Crippen LogP contribution in [0.3, 0.4) is 0 Å². The van der Waals surface area contributed by atoms with Gasteiger partial charge in [0.15, 0.2) is 0 Å². The van der Waals surface area contributed by atoms with Gasteiger partial charge in [-0.2, -0.15) is 0 Å². The maximum absolute atomic E-state index is 12.9. The zero-order valence-corrected chi connectivity index (χ0v) is 17.9. The molecule has 1 unspecified atom stereocenters. The van der Waals surface area contributed by atoms with Crippen molar-refractivity contribution in [3.05, 3.63) is 48.8 Å². The minimum absolute atomic E-state index is 0.0442. The molecule has 2 N–H and O–H groups in total. The third kappa shape index (κ3) is 3.92. The van der Waals surface area contributed by atoms with E-state index in [4.69, 9.17) is 0 Å². The van der Waals surface area contributed by atoms with Crippen LogP contribution < -0.4 is 15.5 Å². The normalized spacial score (nSPS) is 23.1. The summed E-state index contributed by atoms with van der Waals surface area (Å²) in [6.45, 7) is 2.80. The molecule has 1 aliphatic carbocycles. The molecule has 2 aromatic rings. The first-order valence-corrected chi connectivity index (χ1v) is 11.2. The van der Waals surface area contributed by atoms with E-state index < -0.39 is 11.6 Å². The van der Waals surface area contributed by atoms with Crippen molar-refractivity contribution in [3.63, 3.8) is 0 Å². The highest BCUT2D eigenvalue weighted by molar-refractivity contribution is 6.07. The Balaban J connectivity index is 1.18. The molecule has 1 atom stereocenters. The van der Waals surface area contributed by atoms with Crippen LogP contribution >= 0.6 is 0 Å². The molecule has 0 spiro atoms. The number of hydrogen-bond acceptors (Lipinski definition) is 5. The van der Waals surface area contributed by atoms with E-state index >= 15 is 0 Å². The molecule has 1 aromatic heterocycles. The van der Waals surface area contributed by atoms with Gasteiger partial charge in [0, 0.05) is 56.2 Å². The summed E-state index contributed by atoms with van der Waals surface area (Å²) < 4.78 is 0. The van der Waals surface area contributed by atoms with Gasteiger partial charge < -0.3 is 15.1 Å². The van der Waals surface area contributed by atoms with Crippen LogP contribution in [0.4, 0.5) is 10.5 Å². The van der Waals surface area contributed by atoms with Crippen molar-refractivity contribution in [1.29, 1.82) is 0 Å². The van der Waals surface area contributed by atoms with E-state index in [1.165, 1.54) is 0 Å². The third-order valence-electron chi connectivity index (χ3n) is 6.81. The number of nitrogens with one attached hydrogen (secondary N) is 2. The minimum atomic E-state index is -0.901. The van der Waals surface area contributed by atoms with Crippen molar-refractivity contribution < 1.29 is 14.4 Å². The summed E-state index contributed by atoms with van der Waals surface area (Å²) >= 11 is 0. The Bertz CT molecular complexity index is 1030. The molecule has 2 aliphatic heterocycles. The topological polar surface area (TPSA) is 94.6 Å². The van der Waals surface area contributed by atoms with E-state index in [1.54, 1.807) is 6.20 Å². The van der Waals surface area contributed by atoms with E-state index in [-0.39, 0.29) is 24.2 Å². The van der Waals surface area contributed by atoms with E-state index in [2.05, 4.69) is 38.7 Å². The summed E-state index contributed by atoms with van der Waals surface area (Å²) in [5.74, 6) is -0.0930. The van der Waals surface area contributed by atoms with Crippen molar-refractivity contribution in [3.8, 4) is 11.1 Å². The lowest BCUT2D eigenvalue weighted by Gasteiger charge is -2.37. The Morgan fingerprint density at radius 3 is 2.50 bits per heavy atom. The lowest BCUT2D eigenvalue weighted by Crippen LogP contribution is -2.51. The maximum atomic E-state index is 12.9. The summed E-state index contributed by atoms with van der Waals surface area (Å²) in [4.78, 5) is 45.3. The number of aromatic nitrogens is 1. The van der Waals surface area contributed by atoms with Gasteiger partial charge in [-0.25, -0.2) is 4.79 Å². The Kier molecular flexibility index (Phi) is 5.28. The minimum Gasteiger partial charge on any atom is -0.368 e. The van der Waals surface area contributed by atoms with Gasteiger partial charge in [0.2, 0.25) is 5.91 Å². The fourth-order valence-corrected chi connectivity index (χ4v) is 4.84. The van der Waals surface area contributed by atoms with Crippen molar-refractivity contribution >= 4 is 23.5 Å². The van der Waals surface area contributed by atoms with Gasteiger partial charge in [-0.3, -0.25) is 19.9 Å². The molecule has 166 valence electrons. The van der Waals surface area contributed by atoms with Gasteiger partial charge in [0.25, 0.3) is 5.91 Å². The van der Waals surface area contributed by atoms with Gasteiger partial charge in [-0.15, -0.1) is 0 Å². The molecular weight excluding hydrogens is 406 g/mol. The Labute approximate surface area is 187 Å². The van der Waals surface area contributed by atoms with Gasteiger partial charge >= 0.3 is 6.03 Å². The van der Waals surface area contributed by atoms with E-state index in [9.17, 15) is 14.4 Å². The second-order valence-corrected chi connectivity index (χ2v) is 8.81. The number of amides is 4. The molecule has 8 heteroatoms. The van der Waals surface area contributed by atoms with Gasteiger partial charge in [0.1, 0.15) is 5.54 Å². The number of carbonyl (C=O) groups excluding carboxylic acids is 3. The lowest BCUT2D eigenvalue weighted by atomic mass is 9.87. The molecule has 4 amide bonds. The molecule has 3 heterocycles. The number of benzene rings is 1. The summed E-state index contributed by atoms with van der Waals surface area (Å²) in [7, 11) is 0. The molecule has 1 aromatic carbocycles. The molecule has 8 nitrogen and oxygen atoms in total. The molecule has 3 fully saturated rings. The van der Waals surface area contributed by atoms with Crippen molar-refractivity contribution in [2.24, 2.45) is 5.92 Å². The zero-order valence-electron chi connectivity index (χ0n) is 17.9. The van der Waals surface area contributed by atoms with Crippen LogP contribution in [0.15, 0.2) is 48.8 Å². The van der Waals surface area contributed by atoms with Gasteiger partial charge in [0.05, 0.1) is 0 Å². The van der Waals surface area contributed by atoms with Crippen molar-refractivity contribution in [2.45, 2.75) is 31.2 Å². The van der Waals surface area contributed by atoms with Crippen LogP contribution in [0, 0.1) is 5.92 Å². The molecule has 5 rings (SSSR count). The maximum Gasteiger partial charge on any atom is 0.322 e. The first-order chi connectivity index (χ1) is 15.5. The predicted molar refractivity (Wildman–Crippen MR) is 120 cm³/mol. The van der Waals surface area contributed by atoms with Gasteiger partial charge in [-0.05, 0) is 48.9 Å². The standard InChI is InChI=1S/C24H27N5O3/c30-21(8-9-24(19-6-7-19)22(31)26-23(32)27-24)29-13-11-28(12-14-29)20-5-1-3-17(15-20)18-4-2-10-25-16-18/h1-5,10,15-16,19H,6-9,11-14H2,(H2,26,27,31,32). The van der Waals surface area contributed by atoms with Crippen molar-refractivity contribution in [1.82, 2.24) is 20.5 Å². The van der Waals surface area contributed by atoms with E-state index in [0.717, 1.165) is 42.7 Å². The SMILES string of the molecule is O=C1NC(=O)C(CCC(=O)N2CCN(c3cccc(-c4cccnc4)c3)CC2)(C2CC2)N1. The van der Waals surface area contributed by atoms with E-state index in [1.807, 2.05) is 29.3 Å². The van der Waals surface area contributed by atoms with Gasteiger partial charge in [-0.1, -0.05) is 18.2 Å². The molecule has 1 saturated carbocycles. The third-order valence-corrected chi connectivity index (χ3v) is 6.81. The number of rotatable bonds is 6. The van der Waals surface area contributed by atoms with Crippen molar-refractivity contribution in [2.75, 3.05) is 31.1 Å². The highest BCUT2D eigenvalue weighted by Crippen LogP contribution is 2.43. The number of carbonyl (C=O) groups is 3. The highest BCUT2D eigenvalue weighted by atomic mass is 16.2. The summed E-state index contributed by atoms with van der Waals surface area (Å²) in [5, 5.41) is 5.15. The number of piperazine rings is 1. The quantitative estimate of drug-likeness (QED) is 0.681. The first-order valence-electron chi connectivity index (χ1n) is 11.2. The highest BCUT2D eigenvalue weighted by Gasteiger charge is 2.55. The molecular formula is C24H27N5O3. The largest absolute Gasteiger partial charge is 0.368 e. The predicted octanol–water partition coefficient (Wildman–Crippen LogP) is 2.17. The fraction of sp³-hybridized carbons (Fsp3) is 0.417. The van der Waals surface area contributed by atoms with Crippen LogP contribution in [0.25, 0.3) is 11.1 Å². The number of pyridine rings is 1. The monoisotopic (exact) mass is 433 g/mol. The van der Waals surface area contributed by atoms with Crippen LogP contribution in [0.1, 0.15) is 25.7 Å². The fourth-order valence-electron chi connectivity index (χ4n) is 4.84. The second kappa shape index (κ2) is 8.26. The summed E-state index contributed by atoms with van der Waals surface area (Å²) in [6, 6.07) is 11.9. The second-order valence-electron chi connectivity index (χ2n) is 8.81. The molecule has 32 heavy (non-hydrogen) atoms. The smallest absolute Gasteiger partial charge is 0.322 e. The van der Waals surface area contributed by atoms with Crippen LogP contribution in [0.2, 0.25) is 0 Å². The summed E-state index contributed by atoms with van der Waals surface area (Å²) in [6.07, 6.45) is 6.08. The average molecular weight is 434 g/mol. The Morgan fingerprint density at radius 1 is 1.06 bits per heavy atom. The number of imide groups is 1. The Morgan fingerprint density at radius 2 is 1.84 bits per heavy atom. The number of hydrogen-bond donors (Lipinski definition) is 2. The van der Waals surface area contributed by atoms with Crippen LogP contribution in [-0.4, -0.2) is 59.4 Å². The Hall–Kier alpha value is -3.42. The van der Waals surface area contributed by atoms with Crippen LogP contribution in [0.5, 0.6) is 0 Å². The molecule has 0 radical (unpaired) electrons. The zero-order chi connectivity index (χ0) is 22.1. The number of nitrogens with zero attached hydrogens (tertiary/aromatic N) is 3. The first kappa shape index (κ1) is 20.5. The molecule has 0 bridgehead atoms. The molecule has 2 saturated heterocycles.